The molecule has 0 unspecified atom stereocenters. The van der Waals surface area contributed by atoms with Crippen molar-refractivity contribution in [1.82, 2.24) is 9.80 Å². The first-order valence-corrected chi connectivity index (χ1v) is 12.8. The van der Waals surface area contributed by atoms with Crippen LogP contribution in [-0.4, -0.2) is 47.9 Å². The highest BCUT2D eigenvalue weighted by Gasteiger charge is 2.36. The fraction of sp³-hybridized carbons (Fsp3) is 0.517. The lowest BCUT2D eigenvalue weighted by molar-refractivity contribution is -0.137. The van der Waals surface area contributed by atoms with Gasteiger partial charge >= 0.3 is 0 Å². The maximum absolute atomic E-state index is 13.6. The van der Waals surface area contributed by atoms with Crippen LogP contribution in [0.25, 0.3) is 0 Å². The Morgan fingerprint density at radius 2 is 1.79 bits per heavy atom. The lowest BCUT2D eigenvalue weighted by atomic mass is 9.86. The molecule has 0 radical (unpaired) electrons. The van der Waals surface area contributed by atoms with Gasteiger partial charge in [-0.25, -0.2) is 0 Å². The molecule has 1 aliphatic carbocycles. The van der Waals surface area contributed by atoms with Gasteiger partial charge in [-0.2, -0.15) is 0 Å². The van der Waals surface area contributed by atoms with Crippen LogP contribution in [0.1, 0.15) is 74.2 Å². The Labute approximate surface area is 204 Å². The molecule has 1 fully saturated rings. The fourth-order valence-corrected chi connectivity index (χ4v) is 5.29. The molecule has 182 valence electrons. The Morgan fingerprint density at radius 3 is 2.44 bits per heavy atom. The molecule has 5 nitrogen and oxygen atoms in total. The smallest absolute Gasteiger partial charge is 0.263 e. The maximum Gasteiger partial charge on any atom is 0.263 e. The van der Waals surface area contributed by atoms with Crippen LogP contribution in [0.2, 0.25) is 0 Å². The van der Waals surface area contributed by atoms with Crippen LogP contribution in [0, 0.1) is 12.8 Å². The highest BCUT2D eigenvalue weighted by Crippen LogP contribution is 2.40. The summed E-state index contributed by atoms with van der Waals surface area (Å²) in [7, 11) is 1.81. The van der Waals surface area contributed by atoms with Crippen LogP contribution in [0.4, 0.5) is 0 Å². The Hall–Kier alpha value is -2.82. The number of aryl methyl sites for hydroxylation is 1. The third-order valence-corrected chi connectivity index (χ3v) is 7.50. The zero-order valence-electron chi connectivity index (χ0n) is 21.0. The number of amides is 2. The van der Waals surface area contributed by atoms with Gasteiger partial charge in [-0.05, 0) is 68.4 Å². The molecule has 1 aliphatic heterocycles. The van der Waals surface area contributed by atoms with E-state index in [1.807, 2.05) is 19.9 Å². The molecule has 1 saturated carbocycles. The van der Waals surface area contributed by atoms with Crippen molar-refractivity contribution in [2.24, 2.45) is 5.92 Å². The molecule has 0 spiro atoms. The number of carbonyl (C=O) groups excluding carboxylic acids is 2. The summed E-state index contributed by atoms with van der Waals surface area (Å²) in [5.41, 5.74) is 4.70. The third-order valence-electron chi connectivity index (χ3n) is 7.50. The van der Waals surface area contributed by atoms with E-state index in [2.05, 4.69) is 48.2 Å². The summed E-state index contributed by atoms with van der Waals surface area (Å²) in [5.74, 6) is 1.11. The quantitative estimate of drug-likeness (QED) is 0.561. The summed E-state index contributed by atoms with van der Waals surface area (Å²) in [6, 6.07) is 14.6. The molecule has 0 N–H and O–H groups in total. The lowest BCUT2D eigenvalue weighted by Crippen LogP contribution is -2.43. The van der Waals surface area contributed by atoms with E-state index in [-0.39, 0.29) is 23.8 Å². The summed E-state index contributed by atoms with van der Waals surface area (Å²) >= 11 is 0. The van der Waals surface area contributed by atoms with Gasteiger partial charge in [-0.1, -0.05) is 55.7 Å². The summed E-state index contributed by atoms with van der Waals surface area (Å²) in [5, 5.41) is 0. The highest BCUT2D eigenvalue weighted by atomic mass is 16.5. The van der Waals surface area contributed by atoms with E-state index in [1.54, 1.807) is 11.9 Å². The molecular weight excluding hydrogens is 424 g/mol. The van der Waals surface area contributed by atoms with E-state index < -0.39 is 6.10 Å². The minimum Gasteiger partial charge on any atom is -0.481 e. The van der Waals surface area contributed by atoms with Crippen molar-refractivity contribution in [2.45, 2.75) is 71.4 Å². The number of nitrogens with zero attached hydrogens (tertiary/aromatic N) is 2. The van der Waals surface area contributed by atoms with E-state index >= 15 is 0 Å². The summed E-state index contributed by atoms with van der Waals surface area (Å²) in [4.78, 5) is 30.2. The van der Waals surface area contributed by atoms with Gasteiger partial charge in [0.25, 0.3) is 5.91 Å². The van der Waals surface area contributed by atoms with Gasteiger partial charge in [-0.15, -0.1) is 0 Å². The van der Waals surface area contributed by atoms with E-state index in [4.69, 9.17) is 4.74 Å². The van der Waals surface area contributed by atoms with Crippen molar-refractivity contribution in [3.8, 4) is 5.75 Å². The second kappa shape index (κ2) is 10.6. The number of hydrogen-bond donors (Lipinski definition) is 0. The van der Waals surface area contributed by atoms with Crippen LogP contribution in [0.15, 0.2) is 42.5 Å². The maximum atomic E-state index is 13.6. The van der Waals surface area contributed by atoms with Gasteiger partial charge in [-0.3, -0.25) is 9.59 Å². The molecule has 34 heavy (non-hydrogen) atoms. The van der Waals surface area contributed by atoms with Crippen molar-refractivity contribution in [1.29, 1.82) is 0 Å². The fourth-order valence-electron chi connectivity index (χ4n) is 5.29. The van der Waals surface area contributed by atoms with Gasteiger partial charge < -0.3 is 14.5 Å². The van der Waals surface area contributed by atoms with Gasteiger partial charge in [0.1, 0.15) is 5.75 Å². The van der Waals surface area contributed by atoms with Crippen molar-refractivity contribution >= 4 is 11.8 Å². The zero-order valence-corrected chi connectivity index (χ0v) is 21.0. The SMILES string of the molecule is CC[C@H](Oc1ccc2c(c1)[C@H](c1ccc(C)cc1)N(C(=O)C1CCCC1)CC2)C(=O)N(C)CC. The monoisotopic (exact) mass is 462 g/mol. The normalized spacial score (nSPS) is 18.9. The average Bonchev–Trinajstić information content (AvgIpc) is 3.41. The summed E-state index contributed by atoms with van der Waals surface area (Å²) in [6.45, 7) is 7.41. The number of rotatable bonds is 7. The van der Waals surface area contributed by atoms with Crippen molar-refractivity contribution in [3.05, 3.63) is 64.7 Å². The average molecular weight is 463 g/mol. The molecule has 2 aliphatic rings. The number of benzene rings is 2. The van der Waals surface area contributed by atoms with Crippen molar-refractivity contribution in [3.63, 3.8) is 0 Å². The van der Waals surface area contributed by atoms with Gasteiger partial charge in [0.05, 0.1) is 6.04 Å². The zero-order chi connectivity index (χ0) is 24.2. The molecule has 2 atom stereocenters. The van der Waals surface area contributed by atoms with Gasteiger partial charge in [0, 0.05) is 26.1 Å². The molecule has 2 amide bonds. The Morgan fingerprint density at radius 1 is 1.09 bits per heavy atom. The predicted molar refractivity (Wildman–Crippen MR) is 135 cm³/mol. The molecule has 1 heterocycles. The molecule has 4 rings (SSSR count). The molecule has 2 aromatic rings. The number of ether oxygens (including phenoxy) is 1. The standard InChI is InChI=1S/C29H38N2O3/c1-5-26(29(33)30(4)6-2)34-24-16-15-21-17-18-31(28(32)23-9-7-8-10-23)27(25(21)19-24)22-13-11-20(3)12-14-22/h11-16,19,23,26-27H,5-10,17-18H2,1-4H3/t26-,27-/m0/s1. The molecule has 0 aromatic heterocycles. The first-order valence-electron chi connectivity index (χ1n) is 12.8. The summed E-state index contributed by atoms with van der Waals surface area (Å²) in [6.07, 6.45) is 5.22. The van der Waals surface area contributed by atoms with Crippen LogP contribution < -0.4 is 4.74 Å². The van der Waals surface area contributed by atoms with E-state index in [0.29, 0.717) is 18.7 Å². The number of fused-ring (bicyclic) bond motifs is 1. The molecule has 2 aromatic carbocycles. The highest BCUT2D eigenvalue weighted by molar-refractivity contribution is 5.81. The first kappa shape index (κ1) is 24.3. The second-order valence-electron chi connectivity index (χ2n) is 9.80. The van der Waals surface area contributed by atoms with E-state index in [0.717, 1.165) is 49.8 Å². The van der Waals surface area contributed by atoms with Gasteiger partial charge in [0.2, 0.25) is 5.91 Å². The molecular formula is C29H38N2O3. The predicted octanol–water partition coefficient (Wildman–Crippen LogP) is 5.30. The second-order valence-corrected chi connectivity index (χ2v) is 9.80. The Bertz CT molecular complexity index is 1010. The topological polar surface area (TPSA) is 49.9 Å². The lowest BCUT2D eigenvalue weighted by Gasteiger charge is -2.39. The van der Waals surface area contributed by atoms with Crippen molar-refractivity contribution < 1.29 is 14.3 Å². The minimum absolute atomic E-state index is 0.00385. The van der Waals surface area contributed by atoms with Crippen LogP contribution >= 0.6 is 0 Å². The molecule has 0 saturated heterocycles. The van der Waals surface area contributed by atoms with Crippen LogP contribution in [0.3, 0.4) is 0 Å². The van der Waals surface area contributed by atoms with Gasteiger partial charge in [0.15, 0.2) is 6.10 Å². The van der Waals surface area contributed by atoms with Crippen molar-refractivity contribution in [2.75, 3.05) is 20.1 Å². The first-order chi connectivity index (χ1) is 16.4. The summed E-state index contributed by atoms with van der Waals surface area (Å²) < 4.78 is 6.22. The largest absolute Gasteiger partial charge is 0.481 e. The number of likely N-dealkylation sites (N-methyl/N-ethyl adjacent to an activating group) is 1. The molecule has 5 heteroatoms. The Balaban J connectivity index is 1.69. The Kier molecular flexibility index (Phi) is 7.60. The number of carbonyl (C=O) groups is 2. The number of hydrogen-bond acceptors (Lipinski definition) is 3. The van der Waals surface area contributed by atoms with Crippen LogP contribution in [0.5, 0.6) is 5.75 Å². The van der Waals surface area contributed by atoms with E-state index in [1.165, 1.54) is 11.1 Å². The molecule has 0 bridgehead atoms. The van der Waals surface area contributed by atoms with Crippen LogP contribution in [-0.2, 0) is 16.0 Å². The minimum atomic E-state index is -0.513. The third kappa shape index (κ3) is 4.98. The van der Waals surface area contributed by atoms with E-state index in [9.17, 15) is 9.59 Å².